The maximum absolute atomic E-state index is 13.0. The first-order valence-corrected chi connectivity index (χ1v) is 11.6. The number of amides is 1. The minimum Gasteiger partial charge on any atom is -0.376 e. The first-order valence-electron chi connectivity index (χ1n) is 10.6. The summed E-state index contributed by atoms with van der Waals surface area (Å²) in [5.41, 5.74) is 0.865. The standard InChI is InChI=1S/C21H28FN5O2S/c22-17-8-6-16(7-9-17)13-23-19(28)15-30-21-25-24-20(26-10-2-1-3-11-26)27(21)14-18-5-4-12-29-18/h6-9,18H,1-5,10-15H2,(H,23,28)/t18-/m0/s1. The molecule has 1 amide bonds. The number of nitrogens with zero attached hydrogens (tertiary/aromatic N) is 4. The highest BCUT2D eigenvalue weighted by molar-refractivity contribution is 7.99. The predicted octanol–water partition coefficient (Wildman–Crippen LogP) is 3.00. The Bertz CT molecular complexity index is 832. The molecule has 4 rings (SSSR count). The van der Waals surface area contributed by atoms with Crippen LogP contribution in [0.25, 0.3) is 0 Å². The molecule has 162 valence electrons. The second kappa shape index (κ2) is 10.3. The maximum atomic E-state index is 13.0. The van der Waals surface area contributed by atoms with Gasteiger partial charge in [-0.2, -0.15) is 0 Å². The molecular weight excluding hydrogens is 405 g/mol. The van der Waals surface area contributed by atoms with Crippen LogP contribution in [0.2, 0.25) is 0 Å². The van der Waals surface area contributed by atoms with Crippen LogP contribution in [0, 0.1) is 5.82 Å². The van der Waals surface area contributed by atoms with Crippen molar-refractivity contribution in [3.05, 3.63) is 35.6 Å². The lowest BCUT2D eigenvalue weighted by atomic mass is 10.1. The monoisotopic (exact) mass is 433 g/mol. The van der Waals surface area contributed by atoms with Gasteiger partial charge in [0.1, 0.15) is 5.82 Å². The molecule has 7 nitrogen and oxygen atoms in total. The Morgan fingerprint density at radius 1 is 1.17 bits per heavy atom. The second-order valence-electron chi connectivity index (χ2n) is 7.77. The summed E-state index contributed by atoms with van der Waals surface area (Å²) >= 11 is 1.40. The van der Waals surface area contributed by atoms with Crippen molar-refractivity contribution < 1.29 is 13.9 Å². The van der Waals surface area contributed by atoms with Crippen molar-refractivity contribution in [3.63, 3.8) is 0 Å². The normalized spacial score (nSPS) is 19.2. The zero-order chi connectivity index (χ0) is 20.8. The van der Waals surface area contributed by atoms with E-state index in [0.29, 0.717) is 6.54 Å². The van der Waals surface area contributed by atoms with E-state index in [2.05, 4.69) is 25.0 Å². The molecule has 0 bridgehead atoms. The number of rotatable bonds is 8. The Hall–Kier alpha value is -2.13. The van der Waals surface area contributed by atoms with Gasteiger partial charge < -0.3 is 15.0 Å². The second-order valence-corrected chi connectivity index (χ2v) is 8.71. The van der Waals surface area contributed by atoms with Gasteiger partial charge in [0.05, 0.1) is 18.4 Å². The molecule has 9 heteroatoms. The Labute approximate surface area is 180 Å². The molecule has 0 unspecified atom stereocenters. The number of carbonyl (C=O) groups excluding carboxylic acids is 1. The summed E-state index contributed by atoms with van der Waals surface area (Å²) in [4.78, 5) is 14.6. The fraction of sp³-hybridized carbons (Fsp3) is 0.571. The van der Waals surface area contributed by atoms with E-state index < -0.39 is 0 Å². The number of halogens is 1. The van der Waals surface area contributed by atoms with Gasteiger partial charge in [-0.05, 0) is 49.8 Å². The highest BCUT2D eigenvalue weighted by Crippen LogP contribution is 2.26. The van der Waals surface area contributed by atoms with Crippen LogP contribution in [0.5, 0.6) is 0 Å². The third-order valence-corrected chi connectivity index (χ3v) is 6.45. The van der Waals surface area contributed by atoms with Gasteiger partial charge in [0.15, 0.2) is 5.16 Å². The molecule has 2 saturated heterocycles. The van der Waals surface area contributed by atoms with E-state index in [1.165, 1.54) is 43.2 Å². The Morgan fingerprint density at radius 2 is 1.97 bits per heavy atom. The zero-order valence-corrected chi connectivity index (χ0v) is 17.9. The number of anilines is 1. The molecule has 1 aromatic heterocycles. The van der Waals surface area contributed by atoms with Crippen LogP contribution in [0.1, 0.15) is 37.7 Å². The lowest BCUT2D eigenvalue weighted by Crippen LogP contribution is -2.33. The fourth-order valence-electron chi connectivity index (χ4n) is 3.85. The minimum atomic E-state index is -0.282. The van der Waals surface area contributed by atoms with Crippen LogP contribution >= 0.6 is 11.8 Å². The van der Waals surface area contributed by atoms with E-state index in [1.54, 1.807) is 12.1 Å². The zero-order valence-electron chi connectivity index (χ0n) is 17.1. The smallest absolute Gasteiger partial charge is 0.230 e. The van der Waals surface area contributed by atoms with E-state index in [9.17, 15) is 9.18 Å². The van der Waals surface area contributed by atoms with Crippen molar-refractivity contribution in [1.29, 1.82) is 0 Å². The number of hydrogen-bond donors (Lipinski definition) is 1. The predicted molar refractivity (Wildman–Crippen MR) is 114 cm³/mol. The van der Waals surface area contributed by atoms with Crippen LogP contribution in [0.4, 0.5) is 10.3 Å². The number of ether oxygens (including phenoxy) is 1. The van der Waals surface area contributed by atoms with Gasteiger partial charge in [-0.25, -0.2) is 4.39 Å². The molecule has 30 heavy (non-hydrogen) atoms. The summed E-state index contributed by atoms with van der Waals surface area (Å²) in [6.07, 6.45) is 5.89. The molecule has 1 atom stereocenters. The van der Waals surface area contributed by atoms with Crippen molar-refractivity contribution in [2.24, 2.45) is 0 Å². The molecule has 0 radical (unpaired) electrons. The highest BCUT2D eigenvalue weighted by Gasteiger charge is 2.25. The molecular formula is C21H28FN5O2S. The summed E-state index contributed by atoms with van der Waals surface area (Å²) < 4.78 is 21.0. The topological polar surface area (TPSA) is 72.3 Å². The summed E-state index contributed by atoms with van der Waals surface area (Å²) in [7, 11) is 0. The molecule has 1 aromatic carbocycles. The third-order valence-electron chi connectivity index (χ3n) is 5.48. The van der Waals surface area contributed by atoms with E-state index in [0.717, 1.165) is 55.8 Å². The number of carbonyl (C=O) groups is 1. The first kappa shape index (κ1) is 21.1. The summed E-state index contributed by atoms with van der Waals surface area (Å²) in [6.45, 7) is 3.89. The van der Waals surface area contributed by atoms with E-state index in [-0.39, 0.29) is 23.6 Å². The van der Waals surface area contributed by atoms with Gasteiger partial charge in [0.25, 0.3) is 0 Å². The molecule has 1 N–H and O–H groups in total. The summed E-state index contributed by atoms with van der Waals surface area (Å²) in [5, 5.41) is 12.5. The molecule has 2 aromatic rings. The Morgan fingerprint density at radius 3 is 2.70 bits per heavy atom. The number of piperidine rings is 1. The lowest BCUT2D eigenvalue weighted by molar-refractivity contribution is -0.118. The van der Waals surface area contributed by atoms with Crippen molar-refractivity contribution in [3.8, 4) is 0 Å². The number of nitrogens with one attached hydrogen (secondary N) is 1. The molecule has 2 aliphatic rings. The van der Waals surface area contributed by atoms with Crippen LogP contribution in [-0.2, 0) is 22.6 Å². The van der Waals surface area contributed by atoms with Crippen molar-refractivity contribution in [2.45, 2.75) is 56.5 Å². The van der Waals surface area contributed by atoms with E-state index in [1.807, 2.05) is 0 Å². The number of aromatic nitrogens is 3. The summed E-state index contributed by atoms with van der Waals surface area (Å²) in [6, 6.07) is 6.13. The third kappa shape index (κ3) is 5.51. The Kier molecular flexibility index (Phi) is 7.22. The van der Waals surface area contributed by atoms with Crippen molar-refractivity contribution in [1.82, 2.24) is 20.1 Å². The van der Waals surface area contributed by atoms with Crippen LogP contribution < -0.4 is 10.2 Å². The van der Waals surface area contributed by atoms with Gasteiger partial charge >= 0.3 is 0 Å². The molecule has 2 fully saturated rings. The quantitative estimate of drug-likeness (QED) is 0.646. The van der Waals surface area contributed by atoms with Crippen molar-refractivity contribution in [2.75, 3.05) is 30.3 Å². The van der Waals surface area contributed by atoms with Crippen LogP contribution in [-0.4, -0.2) is 52.2 Å². The lowest BCUT2D eigenvalue weighted by Gasteiger charge is -2.28. The van der Waals surface area contributed by atoms with Gasteiger partial charge in [-0.3, -0.25) is 9.36 Å². The number of hydrogen-bond acceptors (Lipinski definition) is 6. The fourth-order valence-corrected chi connectivity index (χ4v) is 4.62. The molecule has 0 spiro atoms. The molecule has 3 heterocycles. The average molecular weight is 434 g/mol. The number of benzene rings is 1. The molecule has 0 aliphatic carbocycles. The molecule has 0 saturated carbocycles. The van der Waals surface area contributed by atoms with Gasteiger partial charge in [-0.1, -0.05) is 23.9 Å². The number of thioether (sulfide) groups is 1. The first-order chi connectivity index (χ1) is 14.7. The van der Waals surface area contributed by atoms with Gasteiger partial charge in [0, 0.05) is 26.2 Å². The SMILES string of the molecule is O=C(CSc1nnc(N2CCCCC2)n1C[C@@H]1CCCO1)NCc1ccc(F)cc1. The molecule has 2 aliphatic heterocycles. The van der Waals surface area contributed by atoms with Gasteiger partial charge in [-0.15, -0.1) is 10.2 Å². The Balaban J connectivity index is 1.37. The summed E-state index contributed by atoms with van der Waals surface area (Å²) in [5.74, 6) is 0.774. The van der Waals surface area contributed by atoms with Crippen LogP contribution in [0.3, 0.4) is 0 Å². The average Bonchev–Trinajstić information content (AvgIpc) is 3.43. The largest absolute Gasteiger partial charge is 0.376 e. The maximum Gasteiger partial charge on any atom is 0.230 e. The van der Waals surface area contributed by atoms with E-state index in [4.69, 9.17) is 4.74 Å². The minimum absolute atomic E-state index is 0.0875. The highest BCUT2D eigenvalue weighted by atomic mass is 32.2. The van der Waals surface area contributed by atoms with E-state index >= 15 is 0 Å². The van der Waals surface area contributed by atoms with Crippen LogP contribution in [0.15, 0.2) is 29.4 Å². The van der Waals surface area contributed by atoms with Crippen molar-refractivity contribution >= 4 is 23.6 Å². The van der Waals surface area contributed by atoms with Gasteiger partial charge in [0.2, 0.25) is 11.9 Å².